The van der Waals surface area contributed by atoms with Crippen LogP contribution in [-0.2, 0) is 10.0 Å². The van der Waals surface area contributed by atoms with Crippen LogP contribution in [0.2, 0.25) is 0 Å². The van der Waals surface area contributed by atoms with E-state index < -0.39 is 21.0 Å². The van der Waals surface area contributed by atoms with Gasteiger partial charge in [0, 0.05) is 49.6 Å². The van der Waals surface area contributed by atoms with Crippen molar-refractivity contribution in [1.82, 2.24) is 14.9 Å². The van der Waals surface area contributed by atoms with Crippen molar-refractivity contribution in [2.24, 2.45) is 0 Å². The Hall–Kier alpha value is -3.51. The van der Waals surface area contributed by atoms with Gasteiger partial charge in [0.15, 0.2) is 0 Å². The Bertz CT molecular complexity index is 1130. The molecule has 1 aliphatic rings. The molecule has 0 spiro atoms. The zero-order valence-electron chi connectivity index (χ0n) is 18.5. The number of carbonyl (C=O) groups is 2. The SMILES string of the molecule is O=C(NCCNS(=O)(=O)c1cccc([N+](=O)[O-])c1)Nc1ccc(C(=O)N2CCCCCC2)cc1. The van der Waals surface area contributed by atoms with Crippen molar-refractivity contribution in [3.63, 3.8) is 0 Å². The molecule has 3 N–H and O–H groups in total. The fourth-order valence-electron chi connectivity index (χ4n) is 3.54. The van der Waals surface area contributed by atoms with Gasteiger partial charge in [-0.15, -0.1) is 0 Å². The molecule has 3 amide bonds. The second-order valence-corrected chi connectivity index (χ2v) is 9.58. The average Bonchev–Trinajstić information content (AvgIpc) is 3.12. The Morgan fingerprint density at radius 1 is 0.971 bits per heavy atom. The number of nitro benzene ring substituents is 1. The van der Waals surface area contributed by atoms with Crippen LogP contribution in [0.1, 0.15) is 36.0 Å². The summed E-state index contributed by atoms with van der Waals surface area (Å²) in [5.74, 6) is -0.0195. The first-order valence-electron chi connectivity index (χ1n) is 10.9. The van der Waals surface area contributed by atoms with Crippen LogP contribution in [0.25, 0.3) is 0 Å². The van der Waals surface area contributed by atoms with Gasteiger partial charge < -0.3 is 15.5 Å². The zero-order chi connectivity index (χ0) is 24.6. The number of carbonyl (C=O) groups excluding carboxylic acids is 2. The zero-order valence-corrected chi connectivity index (χ0v) is 19.3. The number of likely N-dealkylation sites (tertiary alicyclic amines) is 1. The van der Waals surface area contributed by atoms with Crippen molar-refractivity contribution >= 4 is 33.3 Å². The fraction of sp³-hybridized carbons (Fsp3) is 0.364. The van der Waals surface area contributed by atoms with Gasteiger partial charge in [0.2, 0.25) is 10.0 Å². The molecule has 182 valence electrons. The van der Waals surface area contributed by atoms with Crippen LogP contribution in [0.15, 0.2) is 53.4 Å². The van der Waals surface area contributed by atoms with E-state index in [9.17, 15) is 28.1 Å². The van der Waals surface area contributed by atoms with Gasteiger partial charge in [-0.1, -0.05) is 18.9 Å². The summed E-state index contributed by atoms with van der Waals surface area (Å²) in [6, 6.07) is 10.7. The molecule has 0 saturated carbocycles. The highest BCUT2D eigenvalue weighted by atomic mass is 32.2. The third-order valence-electron chi connectivity index (χ3n) is 5.32. The summed E-state index contributed by atoms with van der Waals surface area (Å²) in [6.45, 7) is 1.39. The monoisotopic (exact) mass is 489 g/mol. The van der Waals surface area contributed by atoms with Gasteiger partial charge in [-0.05, 0) is 43.2 Å². The molecule has 2 aromatic carbocycles. The lowest BCUT2D eigenvalue weighted by molar-refractivity contribution is -0.385. The van der Waals surface area contributed by atoms with E-state index in [1.807, 2.05) is 4.90 Å². The van der Waals surface area contributed by atoms with Gasteiger partial charge >= 0.3 is 6.03 Å². The number of benzene rings is 2. The summed E-state index contributed by atoms with van der Waals surface area (Å²) < 4.78 is 26.8. The van der Waals surface area contributed by atoms with Crippen LogP contribution in [0.5, 0.6) is 0 Å². The van der Waals surface area contributed by atoms with Crippen LogP contribution in [0, 0.1) is 10.1 Å². The summed E-state index contributed by atoms with van der Waals surface area (Å²) in [6.07, 6.45) is 4.29. The molecule has 0 atom stereocenters. The molecule has 11 nitrogen and oxygen atoms in total. The average molecular weight is 490 g/mol. The van der Waals surface area contributed by atoms with Crippen molar-refractivity contribution in [3.05, 3.63) is 64.2 Å². The number of nitrogens with zero attached hydrogens (tertiary/aromatic N) is 2. The molecule has 34 heavy (non-hydrogen) atoms. The van der Waals surface area contributed by atoms with E-state index in [1.165, 1.54) is 18.2 Å². The quantitative estimate of drug-likeness (QED) is 0.295. The van der Waals surface area contributed by atoms with E-state index in [0.717, 1.165) is 44.8 Å². The van der Waals surface area contributed by atoms with Gasteiger partial charge in [0.1, 0.15) is 0 Å². The van der Waals surface area contributed by atoms with Crippen LogP contribution in [-0.4, -0.2) is 56.4 Å². The molecule has 0 radical (unpaired) electrons. The number of nitrogens with one attached hydrogen (secondary N) is 3. The molecule has 1 aliphatic heterocycles. The largest absolute Gasteiger partial charge is 0.339 e. The lowest BCUT2D eigenvalue weighted by Gasteiger charge is -2.20. The summed E-state index contributed by atoms with van der Waals surface area (Å²) in [7, 11) is -3.96. The standard InChI is InChI=1S/C22H27N5O6S/c28-21(26-14-3-1-2-4-15-26)17-8-10-18(11-9-17)25-22(29)23-12-13-24-34(32,33)20-7-5-6-19(16-20)27(30)31/h5-11,16,24H,1-4,12-15H2,(H2,23,25,29). The van der Waals surface area contributed by atoms with E-state index in [0.29, 0.717) is 11.3 Å². The number of amides is 3. The predicted octanol–water partition coefficient (Wildman–Crippen LogP) is 2.71. The van der Waals surface area contributed by atoms with Gasteiger partial charge in [-0.3, -0.25) is 14.9 Å². The number of anilines is 1. The van der Waals surface area contributed by atoms with Crippen molar-refractivity contribution in [2.45, 2.75) is 30.6 Å². The van der Waals surface area contributed by atoms with E-state index >= 15 is 0 Å². The third kappa shape index (κ3) is 6.99. The molecule has 1 heterocycles. The summed E-state index contributed by atoms with van der Waals surface area (Å²) >= 11 is 0. The second kappa shape index (κ2) is 11.6. The van der Waals surface area contributed by atoms with E-state index in [-0.39, 0.29) is 29.6 Å². The highest BCUT2D eigenvalue weighted by Crippen LogP contribution is 2.17. The molecule has 3 rings (SSSR count). The molecular formula is C22H27N5O6S. The summed E-state index contributed by atoms with van der Waals surface area (Å²) in [4.78, 5) is 36.5. The Balaban J connectivity index is 1.44. The molecule has 0 aliphatic carbocycles. The van der Waals surface area contributed by atoms with E-state index in [4.69, 9.17) is 0 Å². The number of sulfonamides is 1. The minimum Gasteiger partial charge on any atom is -0.339 e. The highest BCUT2D eigenvalue weighted by molar-refractivity contribution is 7.89. The minimum absolute atomic E-state index is 0.00841. The third-order valence-corrected chi connectivity index (χ3v) is 6.78. The summed E-state index contributed by atoms with van der Waals surface area (Å²) in [5, 5.41) is 16.0. The number of urea groups is 1. The molecule has 0 aromatic heterocycles. The molecule has 2 aromatic rings. The van der Waals surface area contributed by atoms with Gasteiger partial charge in [0.25, 0.3) is 11.6 Å². The topological polar surface area (TPSA) is 151 Å². The first-order valence-corrected chi connectivity index (χ1v) is 12.4. The van der Waals surface area contributed by atoms with Crippen molar-refractivity contribution in [3.8, 4) is 0 Å². The Morgan fingerprint density at radius 2 is 1.65 bits per heavy atom. The lowest BCUT2D eigenvalue weighted by Crippen LogP contribution is -2.36. The van der Waals surface area contributed by atoms with Crippen molar-refractivity contribution in [2.75, 3.05) is 31.5 Å². The maximum absolute atomic E-state index is 12.6. The number of rotatable bonds is 8. The van der Waals surface area contributed by atoms with Crippen molar-refractivity contribution in [1.29, 1.82) is 0 Å². The highest BCUT2D eigenvalue weighted by Gasteiger charge is 2.18. The normalized spacial score (nSPS) is 14.2. The van der Waals surface area contributed by atoms with Crippen LogP contribution in [0.4, 0.5) is 16.2 Å². The van der Waals surface area contributed by atoms with E-state index in [2.05, 4.69) is 15.4 Å². The first-order chi connectivity index (χ1) is 16.3. The molecule has 12 heteroatoms. The summed E-state index contributed by atoms with van der Waals surface area (Å²) in [5.41, 5.74) is 0.713. The molecule has 0 bridgehead atoms. The number of hydrogen-bond donors (Lipinski definition) is 3. The maximum atomic E-state index is 12.6. The van der Waals surface area contributed by atoms with Crippen molar-refractivity contribution < 1.29 is 22.9 Å². The van der Waals surface area contributed by atoms with Gasteiger partial charge in [-0.2, -0.15) is 0 Å². The van der Waals surface area contributed by atoms with Crippen LogP contribution >= 0.6 is 0 Å². The Kier molecular flexibility index (Phi) is 8.55. The van der Waals surface area contributed by atoms with Crippen LogP contribution in [0.3, 0.4) is 0 Å². The smallest absolute Gasteiger partial charge is 0.319 e. The predicted molar refractivity (Wildman–Crippen MR) is 126 cm³/mol. The Morgan fingerprint density at radius 3 is 2.29 bits per heavy atom. The molecule has 1 fully saturated rings. The Labute approximate surface area is 197 Å². The number of non-ortho nitro benzene ring substituents is 1. The van der Waals surface area contributed by atoms with Gasteiger partial charge in [-0.25, -0.2) is 17.9 Å². The fourth-order valence-corrected chi connectivity index (χ4v) is 4.61. The van der Waals surface area contributed by atoms with Gasteiger partial charge in [0.05, 0.1) is 9.82 Å². The maximum Gasteiger partial charge on any atom is 0.319 e. The van der Waals surface area contributed by atoms with Crippen LogP contribution < -0.4 is 15.4 Å². The van der Waals surface area contributed by atoms with E-state index in [1.54, 1.807) is 24.3 Å². The second-order valence-electron chi connectivity index (χ2n) is 7.82. The number of hydrogen-bond acceptors (Lipinski definition) is 6. The minimum atomic E-state index is -3.96. The lowest BCUT2D eigenvalue weighted by atomic mass is 10.1. The number of nitro groups is 1. The first kappa shape index (κ1) is 25.1. The molecule has 1 saturated heterocycles. The molecular weight excluding hydrogens is 462 g/mol. The molecule has 0 unspecified atom stereocenters.